The van der Waals surface area contributed by atoms with Gasteiger partial charge in [0.25, 0.3) is 0 Å². The Morgan fingerprint density at radius 1 is 1.00 bits per heavy atom. The van der Waals surface area contributed by atoms with Crippen LogP contribution in [0.25, 0.3) is 22.0 Å². The second-order valence-corrected chi connectivity index (χ2v) is 5.27. The molecule has 0 saturated heterocycles. The molecule has 0 aliphatic rings. The zero-order valence-electron chi connectivity index (χ0n) is 12.7. The molecule has 6 heteroatoms. The van der Waals surface area contributed by atoms with Gasteiger partial charge in [0.1, 0.15) is 5.82 Å². The summed E-state index contributed by atoms with van der Waals surface area (Å²) in [6.45, 7) is 1.24. The van der Waals surface area contributed by atoms with Crippen LogP contribution in [-0.4, -0.2) is 10.9 Å². The normalized spacial score (nSPS) is 11.5. The van der Waals surface area contributed by atoms with Gasteiger partial charge in [-0.15, -0.1) is 0 Å². The molecule has 0 fully saturated rings. The van der Waals surface area contributed by atoms with Crippen LogP contribution >= 0.6 is 0 Å². The van der Waals surface area contributed by atoms with Crippen LogP contribution in [0.1, 0.15) is 12.5 Å². The molecule has 0 radical (unpaired) electrons. The third-order valence-electron chi connectivity index (χ3n) is 3.53. The highest BCUT2D eigenvalue weighted by Gasteiger charge is 2.37. The predicted octanol–water partition coefficient (Wildman–Crippen LogP) is 4.88. The van der Waals surface area contributed by atoms with E-state index in [-0.39, 0.29) is 22.3 Å². The molecule has 1 aromatic heterocycles. The maximum absolute atomic E-state index is 13.8. The van der Waals surface area contributed by atoms with E-state index in [1.54, 1.807) is 36.4 Å². The number of halogens is 3. The number of fused-ring (bicyclic) bond motifs is 1. The van der Waals surface area contributed by atoms with Gasteiger partial charge >= 0.3 is 6.18 Å². The highest BCUT2D eigenvalue weighted by atomic mass is 19.4. The molecule has 1 amide bonds. The first-order valence-corrected chi connectivity index (χ1v) is 7.21. The van der Waals surface area contributed by atoms with Gasteiger partial charge in [-0.05, 0) is 11.6 Å². The molecule has 3 aromatic rings. The van der Waals surface area contributed by atoms with Gasteiger partial charge < -0.3 is 5.32 Å². The number of hydrogen-bond donors (Lipinski definition) is 1. The molecule has 24 heavy (non-hydrogen) atoms. The third kappa shape index (κ3) is 2.95. The first-order chi connectivity index (χ1) is 11.4. The van der Waals surface area contributed by atoms with Gasteiger partial charge in [0.15, 0.2) is 0 Å². The van der Waals surface area contributed by atoms with E-state index in [1.807, 2.05) is 0 Å². The maximum atomic E-state index is 13.8. The summed E-state index contributed by atoms with van der Waals surface area (Å²) in [5.74, 6) is -0.581. The lowest BCUT2D eigenvalue weighted by atomic mass is 9.96. The first-order valence-electron chi connectivity index (χ1n) is 7.21. The van der Waals surface area contributed by atoms with Gasteiger partial charge in [-0.3, -0.25) is 4.79 Å². The highest BCUT2D eigenvalue weighted by Crippen LogP contribution is 2.44. The third-order valence-corrected chi connectivity index (χ3v) is 3.53. The summed E-state index contributed by atoms with van der Waals surface area (Å²) in [4.78, 5) is 15.7. The quantitative estimate of drug-likeness (QED) is 0.728. The van der Waals surface area contributed by atoms with Gasteiger partial charge in [0.05, 0.1) is 11.1 Å². The summed E-state index contributed by atoms with van der Waals surface area (Å²) >= 11 is 0. The number of amides is 1. The molecule has 0 bridgehead atoms. The molecular formula is C18H13F3N2O. The molecule has 3 nitrogen and oxygen atoms in total. The number of pyridine rings is 1. The van der Waals surface area contributed by atoms with Crippen LogP contribution in [0.15, 0.2) is 54.6 Å². The lowest BCUT2D eigenvalue weighted by Crippen LogP contribution is -2.15. The van der Waals surface area contributed by atoms with Crippen LogP contribution in [0.5, 0.6) is 0 Å². The van der Waals surface area contributed by atoms with Crippen LogP contribution in [0.2, 0.25) is 0 Å². The smallest absolute Gasteiger partial charge is 0.310 e. The minimum absolute atomic E-state index is 0.00189. The molecule has 0 atom stereocenters. The second-order valence-electron chi connectivity index (χ2n) is 5.27. The van der Waals surface area contributed by atoms with Gasteiger partial charge in [-0.1, -0.05) is 48.5 Å². The van der Waals surface area contributed by atoms with Crippen molar-refractivity contribution < 1.29 is 18.0 Å². The molecule has 2 aromatic carbocycles. The lowest BCUT2D eigenvalue weighted by Gasteiger charge is -2.19. The lowest BCUT2D eigenvalue weighted by molar-refractivity contribution is -0.135. The standard InChI is InChI=1S/C18H13F3N2O/c1-11(24)22-17-15(12-7-3-2-4-8-12)16(18(19,20)21)13-9-5-6-10-14(13)23-17/h2-10H,1H3,(H,22,23,24). The van der Waals surface area contributed by atoms with Crippen LogP contribution < -0.4 is 5.32 Å². The Morgan fingerprint density at radius 2 is 1.62 bits per heavy atom. The molecule has 0 spiro atoms. The zero-order chi connectivity index (χ0) is 17.3. The summed E-state index contributed by atoms with van der Waals surface area (Å²) in [6.07, 6.45) is -4.60. The number of carbonyl (C=O) groups is 1. The molecule has 122 valence electrons. The number of nitrogens with zero attached hydrogens (tertiary/aromatic N) is 1. The number of nitrogens with one attached hydrogen (secondary N) is 1. The van der Waals surface area contributed by atoms with Crippen LogP contribution in [-0.2, 0) is 11.0 Å². The van der Waals surface area contributed by atoms with Gasteiger partial charge in [-0.25, -0.2) is 4.98 Å². The van der Waals surface area contributed by atoms with E-state index in [9.17, 15) is 18.0 Å². The summed E-state index contributed by atoms with van der Waals surface area (Å²) in [5.41, 5.74) is -0.417. The summed E-state index contributed by atoms with van der Waals surface area (Å²) in [5, 5.41) is 2.42. The van der Waals surface area contributed by atoms with E-state index in [2.05, 4.69) is 10.3 Å². The van der Waals surface area contributed by atoms with Crippen molar-refractivity contribution in [3.05, 3.63) is 60.2 Å². The van der Waals surface area contributed by atoms with E-state index in [1.165, 1.54) is 25.1 Å². The van der Waals surface area contributed by atoms with Gasteiger partial charge in [0, 0.05) is 17.9 Å². The molecule has 1 heterocycles. The first kappa shape index (κ1) is 16.0. The zero-order valence-corrected chi connectivity index (χ0v) is 12.7. The van der Waals surface area contributed by atoms with Gasteiger partial charge in [0.2, 0.25) is 5.91 Å². The number of rotatable bonds is 2. The van der Waals surface area contributed by atoms with Gasteiger partial charge in [-0.2, -0.15) is 13.2 Å². The fourth-order valence-electron chi connectivity index (χ4n) is 2.65. The number of benzene rings is 2. The van der Waals surface area contributed by atoms with Crippen molar-refractivity contribution in [1.82, 2.24) is 4.98 Å². The second kappa shape index (κ2) is 5.96. The van der Waals surface area contributed by atoms with Crippen molar-refractivity contribution in [2.75, 3.05) is 5.32 Å². The van der Waals surface area contributed by atoms with Crippen LogP contribution in [0, 0.1) is 0 Å². The monoisotopic (exact) mass is 330 g/mol. The topological polar surface area (TPSA) is 42.0 Å². The van der Waals surface area contributed by atoms with Crippen molar-refractivity contribution in [2.45, 2.75) is 13.1 Å². The number of anilines is 1. The minimum atomic E-state index is -4.60. The minimum Gasteiger partial charge on any atom is -0.310 e. The Balaban J connectivity index is 2.46. The van der Waals surface area contributed by atoms with Crippen molar-refractivity contribution >= 4 is 22.6 Å². The summed E-state index contributed by atoms with van der Waals surface area (Å²) < 4.78 is 41.5. The maximum Gasteiger partial charge on any atom is 0.417 e. The number of aromatic nitrogens is 1. The Labute approximate surface area is 136 Å². The number of para-hydroxylation sites is 1. The average molecular weight is 330 g/mol. The molecular weight excluding hydrogens is 317 g/mol. The highest BCUT2D eigenvalue weighted by molar-refractivity contribution is 5.99. The summed E-state index contributed by atoms with van der Waals surface area (Å²) in [6, 6.07) is 14.1. The molecule has 0 saturated carbocycles. The average Bonchev–Trinajstić information content (AvgIpc) is 2.53. The van der Waals surface area contributed by atoms with E-state index in [0.29, 0.717) is 5.56 Å². The molecule has 0 aliphatic carbocycles. The van der Waals surface area contributed by atoms with Crippen LogP contribution in [0.4, 0.5) is 19.0 Å². The van der Waals surface area contributed by atoms with Crippen molar-refractivity contribution in [3.63, 3.8) is 0 Å². The number of hydrogen-bond acceptors (Lipinski definition) is 2. The molecule has 0 unspecified atom stereocenters. The Kier molecular flexibility index (Phi) is 3.97. The van der Waals surface area contributed by atoms with Crippen molar-refractivity contribution in [2.24, 2.45) is 0 Å². The Bertz CT molecular complexity index is 905. The Morgan fingerprint density at radius 3 is 2.25 bits per heavy atom. The fraction of sp³-hybridized carbons (Fsp3) is 0.111. The molecule has 1 N–H and O–H groups in total. The van der Waals surface area contributed by atoms with Crippen molar-refractivity contribution in [3.8, 4) is 11.1 Å². The number of carbonyl (C=O) groups excluding carboxylic acids is 1. The van der Waals surface area contributed by atoms with Crippen LogP contribution in [0.3, 0.4) is 0 Å². The molecule has 0 aliphatic heterocycles. The number of alkyl halides is 3. The largest absolute Gasteiger partial charge is 0.417 e. The van der Waals surface area contributed by atoms with E-state index < -0.39 is 17.6 Å². The van der Waals surface area contributed by atoms with E-state index >= 15 is 0 Å². The fourth-order valence-corrected chi connectivity index (χ4v) is 2.65. The van der Waals surface area contributed by atoms with E-state index in [4.69, 9.17) is 0 Å². The SMILES string of the molecule is CC(=O)Nc1nc2ccccc2c(C(F)(F)F)c1-c1ccccc1. The predicted molar refractivity (Wildman–Crippen MR) is 86.5 cm³/mol. The van der Waals surface area contributed by atoms with Crippen molar-refractivity contribution in [1.29, 1.82) is 0 Å². The summed E-state index contributed by atoms with van der Waals surface area (Å²) in [7, 11) is 0. The Hall–Kier alpha value is -2.89. The molecule has 3 rings (SSSR count). The van der Waals surface area contributed by atoms with E-state index in [0.717, 1.165) is 0 Å².